The van der Waals surface area contributed by atoms with Crippen LogP contribution in [0.25, 0.3) is 0 Å². The van der Waals surface area contributed by atoms with Gasteiger partial charge in [0.2, 0.25) is 0 Å². The van der Waals surface area contributed by atoms with E-state index in [0.29, 0.717) is 16.6 Å². The fourth-order valence-corrected chi connectivity index (χ4v) is 2.51. The number of ether oxygens (including phenoxy) is 1. The van der Waals surface area contributed by atoms with E-state index in [-0.39, 0.29) is 5.60 Å². The van der Waals surface area contributed by atoms with Crippen LogP contribution in [-0.4, -0.2) is 18.2 Å². The van der Waals surface area contributed by atoms with E-state index in [1.807, 2.05) is 12.1 Å². The van der Waals surface area contributed by atoms with Crippen molar-refractivity contribution < 1.29 is 4.74 Å². The number of benzene rings is 1. The number of nitrogens with zero attached hydrogens (tertiary/aromatic N) is 1. The summed E-state index contributed by atoms with van der Waals surface area (Å²) in [6.07, 6.45) is 1.95. The maximum Gasteiger partial charge on any atom is 0.101 e. The average Bonchev–Trinajstić information content (AvgIpc) is 2.28. The summed E-state index contributed by atoms with van der Waals surface area (Å²) in [6.45, 7) is 4.98. The number of hydrogen-bond donors (Lipinski definition) is 1. The lowest BCUT2D eigenvalue weighted by molar-refractivity contribution is -0.0553. The van der Waals surface area contributed by atoms with Crippen LogP contribution in [0.4, 0.5) is 5.69 Å². The Labute approximate surface area is 113 Å². The van der Waals surface area contributed by atoms with Gasteiger partial charge in [-0.2, -0.15) is 5.26 Å². The molecule has 0 bridgehead atoms. The quantitative estimate of drug-likeness (QED) is 0.888. The maximum atomic E-state index is 8.83. The van der Waals surface area contributed by atoms with Gasteiger partial charge in [-0.3, -0.25) is 0 Å². The Hall–Kier alpha value is -1.24. The first-order chi connectivity index (χ1) is 8.50. The van der Waals surface area contributed by atoms with Crippen LogP contribution in [0.3, 0.4) is 0 Å². The van der Waals surface area contributed by atoms with Gasteiger partial charge in [-0.1, -0.05) is 11.6 Å². The molecule has 0 aliphatic carbocycles. The monoisotopic (exact) mass is 264 g/mol. The molecule has 1 saturated heterocycles. The maximum absolute atomic E-state index is 8.83. The minimum atomic E-state index is -0.0771. The number of halogens is 1. The van der Waals surface area contributed by atoms with Crippen LogP contribution in [-0.2, 0) is 4.74 Å². The normalized spacial score (nSPS) is 22.2. The van der Waals surface area contributed by atoms with Crippen molar-refractivity contribution in [3.8, 4) is 6.07 Å². The van der Waals surface area contributed by atoms with Crippen molar-refractivity contribution in [2.75, 3.05) is 11.9 Å². The van der Waals surface area contributed by atoms with Gasteiger partial charge in [-0.25, -0.2) is 0 Å². The molecule has 1 aliphatic rings. The first-order valence-electron chi connectivity index (χ1n) is 6.10. The van der Waals surface area contributed by atoms with Gasteiger partial charge in [0.15, 0.2) is 0 Å². The highest BCUT2D eigenvalue weighted by molar-refractivity contribution is 6.32. The summed E-state index contributed by atoms with van der Waals surface area (Å²) in [6, 6.07) is 7.90. The molecule has 0 aromatic heterocycles. The molecule has 1 aromatic rings. The smallest absolute Gasteiger partial charge is 0.101 e. The Morgan fingerprint density at radius 2 is 2.28 bits per heavy atom. The van der Waals surface area contributed by atoms with E-state index in [1.165, 1.54) is 0 Å². The van der Waals surface area contributed by atoms with Crippen molar-refractivity contribution in [3.05, 3.63) is 28.8 Å². The molecule has 1 fully saturated rings. The molecule has 1 unspecified atom stereocenters. The van der Waals surface area contributed by atoms with Crippen LogP contribution >= 0.6 is 11.6 Å². The minimum absolute atomic E-state index is 0.0771. The molecule has 0 radical (unpaired) electrons. The summed E-state index contributed by atoms with van der Waals surface area (Å²) in [4.78, 5) is 0. The van der Waals surface area contributed by atoms with E-state index >= 15 is 0 Å². The van der Waals surface area contributed by atoms with Crippen molar-refractivity contribution in [3.63, 3.8) is 0 Å². The summed E-state index contributed by atoms with van der Waals surface area (Å²) in [5.74, 6) is 0. The molecule has 0 amide bonds. The largest absolute Gasteiger partial charge is 0.382 e. The molecule has 2 rings (SSSR count). The summed E-state index contributed by atoms with van der Waals surface area (Å²) >= 11 is 6.02. The molecule has 1 heterocycles. The van der Waals surface area contributed by atoms with Gasteiger partial charge in [0.05, 0.1) is 16.2 Å². The van der Waals surface area contributed by atoms with Crippen LogP contribution in [0.15, 0.2) is 18.2 Å². The Morgan fingerprint density at radius 1 is 1.50 bits per heavy atom. The van der Waals surface area contributed by atoms with Gasteiger partial charge in [0, 0.05) is 18.3 Å². The molecule has 0 spiro atoms. The fourth-order valence-electron chi connectivity index (χ4n) is 2.29. The minimum Gasteiger partial charge on any atom is -0.382 e. The van der Waals surface area contributed by atoms with Crippen LogP contribution in [0, 0.1) is 11.3 Å². The number of anilines is 1. The van der Waals surface area contributed by atoms with Crippen molar-refractivity contribution >= 4 is 17.3 Å². The lowest BCUT2D eigenvalue weighted by Gasteiger charge is -2.36. The predicted molar refractivity (Wildman–Crippen MR) is 72.8 cm³/mol. The molecule has 0 saturated carbocycles. The van der Waals surface area contributed by atoms with Crippen LogP contribution in [0.2, 0.25) is 5.02 Å². The first-order valence-corrected chi connectivity index (χ1v) is 6.48. The second-order valence-corrected chi connectivity index (χ2v) is 5.66. The van der Waals surface area contributed by atoms with Gasteiger partial charge < -0.3 is 10.1 Å². The van der Waals surface area contributed by atoms with Crippen molar-refractivity contribution in [2.24, 2.45) is 0 Å². The summed E-state index contributed by atoms with van der Waals surface area (Å²) in [5, 5.41) is 12.8. The van der Waals surface area contributed by atoms with Gasteiger partial charge in [0.25, 0.3) is 0 Å². The Kier molecular flexibility index (Phi) is 3.79. The zero-order valence-electron chi connectivity index (χ0n) is 10.7. The van der Waals surface area contributed by atoms with E-state index in [9.17, 15) is 0 Å². The highest BCUT2D eigenvalue weighted by Gasteiger charge is 2.28. The molecule has 1 aromatic carbocycles. The zero-order valence-corrected chi connectivity index (χ0v) is 11.4. The second kappa shape index (κ2) is 5.17. The SMILES string of the molecule is CC1(C)CC(Nc2ccc(C#N)c(Cl)c2)CCO1. The van der Waals surface area contributed by atoms with Crippen molar-refractivity contribution in [1.82, 2.24) is 0 Å². The zero-order chi connectivity index (χ0) is 13.2. The number of nitrogens with one attached hydrogen (secondary N) is 1. The van der Waals surface area contributed by atoms with Crippen molar-refractivity contribution in [2.45, 2.75) is 38.3 Å². The molecule has 1 aliphatic heterocycles. The number of nitriles is 1. The lowest BCUT2D eigenvalue weighted by atomic mass is 9.94. The molecule has 96 valence electrons. The first kappa shape index (κ1) is 13.2. The van der Waals surface area contributed by atoms with Crippen LogP contribution in [0.1, 0.15) is 32.3 Å². The third kappa shape index (κ3) is 3.16. The van der Waals surface area contributed by atoms with E-state index in [2.05, 4.69) is 25.2 Å². The number of hydrogen-bond acceptors (Lipinski definition) is 3. The highest BCUT2D eigenvalue weighted by atomic mass is 35.5. The van der Waals surface area contributed by atoms with Crippen LogP contribution < -0.4 is 5.32 Å². The second-order valence-electron chi connectivity index (χ2n) is 5.25. The fraction of sp³-hybridized carbons (Fsp3) is 0.500. The highest BCUT2D eigenvalue weighted by Crippen LogP contribution is 2.27. The average molecular weight is 265 g/mol. The van der Waals surface area contributed by atoms with Gasteiger partial charge in [0.1, 0.15) is 6.07 Å². The predicted octanol–water partition coefficient (Wildman–Crippen LogP) is 3.58. The van der Waals surface area contributed by atoms with E-state index in [0.717, 1.165) is 25.1 Å². The molecule has 3 nitrogen and oxygen atoms in total. The molecule has 4 heteroatoms. The van der Waals surface area contributed by atoms with E-state index in [1.54, 1.807) is 6.07 Å². The summed E-state index contributed by atoms with van der Waals surface area (Å²) in [5.41, 5.74) is 1.39. The molecule has 1 atom stereocenters. The van der Waals surface area contributed by atoms with E-state index < -0.39 is 0 Å². The molecular weight excluding hydrogens is 248 g/mol. The topological polar surface area (TPSA) is 45.0 Å². The molecular formula is C14H17ClN2O. The Bertz CT molecular complexity index is 479. The lowest BCUT2D eigenvalue weighted by Crippen LogP contribution is -2.40. The van der Waals surface area contributed by atoms with Gasteiger partial charge >= 0.3 is 0 Å². The Morgan fingerprint density at radius 3 is 2.89 bits per heavy atom. The molecule has 1 N–H and O–H groups in total. The standard InChI is InChI=1S/C14H17ClN2O/c1-14(2)8-12(5-6-18-14)17-11-4-3-10(9-16)13(15)7-11/h3-4,7,12,17H,5-6,8H2,1-2H3. The third-order valence-corrected chi connectivity index (χ3v) is 3.47. The number of rotatable bonds is 2. The summed E-state index contributed by atoms with van der Waals surface area (Å²) in [7, 11) is 0. The van der Waals surface area contributed by atoms with Gasteiger partial charge in [-0.15, -0.1) is 0 Å². The van der Waals surface area contributed by atoms with Crippen LogP contribution in [0.5, 0.6) is 0 Å². The van der Waals surface area contributed by atoms with Gasteiger partial charge in [-0.05, 0) is 44.9 Å². The van der Waals surface area contributed by atoms with Crippen molar-refractivity contribution in [1.29, 1.82) is 5.26 Å². The third-order valence-electron chi connectivity index (χ3n) is 3.16. The summed E-state index contributed by atoms with van der Waals surface area (Å²) < 4.78 is 5.68. The molecule has 18 heavy (non-hydrogen) atoms. The Balaban J connectivity index is 2.06. The van der Waals surface area contributed by atoms with E-state index in [4.69, 9.17) is 21.6 Å².